The van der Waals surface area contributed by atoms with E-state index in [-0.39, 0.29) is 4.50 Å². The van der Waals surface area contributed by atoms with Gasteiger partial charge in [-0.3, -0.25) is 0 Å². The van der Waals surface area contributed by atoms with E-state index in [0.29, 0.717) is 11.8 Å². The summed E-state index contributed by atoms with van der Waals surface area (Å²) in [6.45, 7) is 8.99. The summed E-state index contributed by atoms with van der Waals surface area (Å²) < 4.78 is 0.128. The second-order valence-corrected chi connectivity index (χ2v) is 6.87. The number of hydrogen-bond donors (Lipinski definition) is 0. The standard InChI is InChI=1S/C9H21ClSi/c1-5-7(3)9(10,11)8(4)6-2/h7-8H,5-6H2,1-4,11H3. The zero-order valence-electron chi connectivity index (χ0n) is 8.45. The third-order valence-corrected chi connectivity index (χ3v) is 5.87. The molecule has 0 saturated heterocycles. The van der Waals surface area contributed by atoms with Gasteiger partial charge in [0.05, 0.1) is 0 Å². The Morgan fingerprint density at radius 2 is 1.45 bits per heavy atom. The van der Waals surface area contributed by atoms with Crippen molar-refractivity contribution in [1.29, 1.82) is 0 Å². The van der Waals surface area contributed by atoms with Gasteiger partial charge in [-0.2, -0.15) is 0 Å². The van der Waals surface area contributed by atoms with Gasteiger partial charge in [-0.15, -0.1) is 11.6 Å². The van der Waals surface area contributed by atoms with Gasteiger partial charge in [0.1, 0.15) is 0 Å². The first-order valence-electron chi connectivity index (χ1n) is 4.65. The van der Waals surface area contributed by atoms with E-state index in [4.69, 9.17) is 11.6 Å². The fraction of sp³-hybridized carbons (Fsp3) is 1.00. The summed E-state index contributed by atoms with van der Waals surface area (Å²) in [5.74, 6) is 1.34. The Morgan fingerprint density at radius 1 is 1.18 bits per heavy atom. The molecule has 0 aliphatic heterocycles. The maximum atomic E-state index is 6.50. The van der Waals surface area contributed by atoms with Crippen LogP contribution < -0.4 is 0 Å². The summed E-state index contributed by atoms with van der Waals surface area (Å²) >= 11 is 6.50. The summed E-state index contributed by atoms with van der Waals surface area (Å²) in [5.41, 5.74) is 0. The Labute approximate surface area is 79.1 Å². The fourth-order valence-electron chi connectivity index (χ4n) is 1.28. The molecule has 2 atom stereocenters. The van der Waals surface area contributed by atoms with E-state index in [1.807, 2.05) is 0 Å². The lowest BCUT2D eigenvalue weighted by Gasteiger charge is -2.34. The predicted octanol–water partition coefficient (Wildman–Crippen LogP) is 2.38. The topological polar surface area (TPSA) is 0 Å². The highest BCUT2D eigenvalue weighted by atomic mass is 35.5. The van der Waals surface area contributed by atoms with Gasteiger partial charge in [0, 0.05) is 14.7 Å². The second kappa shape index (κ2) is 4.51. The van der Waals surface area contributed by atoms with Gasteiger partial charge in [-0.25, -0.2) is 0 Å². The minimum Gasteiger partial charge on any atom is -0.123 e. The van der Waals surface area contributed by atoms with Crippen LogP contribution in [0, 0.1) is 11.8 Å². The van der Waals surface area contributed by atoms with Crippen molar-refractivity contribution < 1.29 is 0 Å². The van der Waals surface area contributed by atoms with Crippen LogP contribution in [0.4, 0.5) is 0 Å². The highest BCUT2D eigenvalue weighted by molar-refractivity contribution is 6.45. The van der Waals surface area contributed by atoms with E-state index in [1.165, 1.54) is 12.8 Å². The first-order chi connectivity index (χ1) is 4.96. The van der Waals surface area contributed by atoms with Crippen molar-refractivity contribution in [2.45, 2.75) is 45.0 Å². The molecule has 0 amide bonds. The van der Waals surface area contributed by atoms with Gasteiger partial charge in [-0.1, -0.05) is 40.5 Å². The van der Waals surface area contributed by atoms with Gasteiger partial charge < -0.3 is 0 Å². The minimum atomic E-state index is 0.128. The van der Waals surface area contributed by atoms with Gasteiger partial charge >= 0.3 is 0 Å². The van der Waals surface area contributed by atoms with Crippen LogP contribution in [0.15, 0.2) is 0 Å². The number of alkyl halides is 1. The highest BCUT2D eigenvalue weighted by Gasteiger charge is 2.31. The van der Waals surface area contributed by atoms with Crippen LogP contribution in [-0.4, -0.2) is 14.7 Å². The zero-order chi connectivity index (χ0) is 9.07. The monoisotopic (exact) mass is 192 g/mol. The molecule has 0 heterocycles. The lowest BCUT2D eigenvalue weighted by molar-refractivity contribution is 0.367. The Kier molecular flexibility index (Phi) is 4.72. The third-order valence-electron chi connectivity index (χ3n) is 3.15. The molecule has 0 nitrogen and oxygen atoms in total. The van der Waals surface area contributed by atoms with Crippen LogP contribution in [-0.2, 0) is 0 Å². The van der Waals surface area contributed by atoms with Crippen LogP contribution in [0.1, 0.15) is 40.5 Å². The SMILES string of the molecule is CCC(C)C([SiH3])(Cl)C(C)CC. The Morgan fingerprint density at radius 3 is 1.64 bits per heavy atom. The molecule has 68 valence electrons. The lowest BCUT2D eigenvalue weighted by Crippen LogP contribution is -2.37. The predicted molar refractivity (Wildman–Crippen MR) is 57.4 cm³/mol. The molecule has 2 unspecified atom stereocenters. The first kappa shape index (κ1) is 11.5. The van der Waals surface area contributed by atoms with Crippen molar-refractivity contribution in [2.75, 3.05) is 0 Å². The molecule has 2 heteroatoms. The zero-order valence-corrected chi connectivity index (χ0v) is 11.2. The van der Waals surface area contributed by atoms with Crippen molar-refractivity contribution in [2.24, 2.45) is 11.8 Å². The molecule has 0 rings (SSSR count). The van der Waals surface area contributed by atoms with E-state index in [9.17, 15) is 0 Å². The summed E-state index contributed by atoms with van der Waals surface area (Å²) in [5, 5.41) is 0. The molecule has 0 radical (unpaired) electrons. The van der Waals surface area contributed by atoms with Crippen LogP contribution in [0.5, 0.6) is 0 Å². The maximum Gasteiger partial charge on any atom is 0.0323 e. The highest BCUT2D eigenvalue weighted by Crippen LogP contribution is 2.33. The molecular formula is C9H21ClSi. The van der Waals surface area contributed by atoms with E-state index < -0.39 is 0 Å². The van der Waals surface area contributed by atoms with Crippen molar-refractivity contribution in [1.82, 2.24) is 0 Å². The molecule has 0 bridgehead atoms. The molecule has 0 aromatic carbocycles. The summed E-state index contributed by atoms with van der Waals surface area (Å²) in [7, 11) is 1.10. The summed E-state index contributed by atoms with van der Waals surface area (Å²) in [6.07, 6.45) is 2.41. The molecule has 0 aliphatic rings. The van der Waals surface area contributed by atoms with Crippen molar-refractivity contribution in [3.05, 3.63) is 0 Å². The first-order valence-corrected chi connectivity index (χ1v) is 6.03. The van der Waals surface area contributed by atoms with Crippen molar-refractivity contribution >= 4 is 21.8 Å². The van der Waals surface area contributed by atoms with E-state index in [2.05, 4.69) is 27.7 Å². The van der Waals surface area contributed by atoms with Crippen LogP contribution in [0.2, 0.25) is 0 Å². The van der Waals surface area contributed by atoms with Crippen molar-refractivity contribution in [3.63, 3.8) is 0 Å². The number of rotatable bonds is 4. The normalized spacial score (nSPS) is 22.6. The molecule has 0 fully saturated rings. The molecule has 0 aromatic rings. The molecule has 11 heavy (non-hydrogen) atoms. The second-order valence-electron chi connectivity index (χ2n) is 3.77. The Hall–Kier alpha value is 0.507. The molecule has 0 spiro atoms. The minimum absolute atomic E-state index is 0.128. The largest absolute Gasteiger partial charge is 0.123 e. The van der Waals surface area contributed by atoms with Crippen LogP contribution in [0.25, 0.3) is 0 Å². The summed E-state index contributed by atoms with van der Waals surface area (Å²) in [6, 6.07) is 0. The van der Waals surface area contributed by atoms with Crippen molar-refractivity contribution in [3.8, 4) is 0 Å². The Bertz CT molecular complexity index is 100. The summed E-state index contributed by atoms with van der Waals surface area (Å²) in [4.78, 5) is 0. The van der Waals surface area contributed by atoms with Gasteiger partial charge in [-0.05, 0) is 11.8 Å². The van der Waals surface area contributed by atoms with E-state index >= 15 is 0 Å². The Balaban J connectivity index is 4.18. The van der Waals surface area contributed by atoms with Gasteiger partial charge in [0.25, 0.3) is 0 Å². The average molecular weight is 193 g/mol. The van der Waals surface area contributed by atoms with E-state index in [1.54, 1.807) is 0 Å². The van der Waals surface area contributed by atoms with Gasteiger partial charge in [0.2, 0.25) is 0 Å². The molecular weight excluding hydrogens is 172 g/mol. The molecule has 0 aromatic heterocycles. The smallest absolute Gasteiger partial charge is 0.0323 e. The molecule has 0 aliphatic carbocycles. The maximum absolute atomic E-state index is 6.50. The van der Waals surface area contributed by atoms with Gasteiger partial charge in [0.15, 0.2) is 0 Å². The van der Waals surface area contributed by atoms with Crippen LogP contribution in [0.3, 0.4) is 0 Å². The fourth-order valence-corrected chi connectivity index (χ4v) is 2.41. The quantitative estimate of drug-likeness (QED) is 0.474. The molecule has 0 N–H and O–H groups in total. The average Bonchev–Trinajstić information content (AvgIpc) is 2.01. The lowest BCUT2D eigenvalue weighted by atomic mass is 9.92. The number of halogens is 1. The molecule has 0 saturated carbocycles. The third kappa shape index (κ3) is 2.79. The number of hydrogen-bond acceptors (Lipinski definition) is 0. The van der Waals surface area contributed by atoms with Crippen LogP contribution >= 0.6 is 11.6 Å². The van der Waals surface area contributed by atoms with E-state index in [0.717, 1.165) is 10.2 Å².